The molecule has 2 aromatic carbocycles. The summed E-state index contributed by atoms with van der Waals surface area (Å²) in [5.74, 6) is -1.17. The second-order valence-corrected chi connectivity index (χ2v) is 8.34. The second kappa shape index (κ2) is 9.31. The van der Waals surface area contributed by atoms with E-state index in [-0.39, 0.29) is 11.3 Å². The van der Waals surface area contributed by atoms with Crippen molar-refractivity contribution in [3.8, 4) is 0 Å². The molecule has 1 aromatic heterocycles. The van der Waals surface area contributed by atoms with Gasteiger partial charge in [-0.25, -0.2) is 9.78 Å². The molecule has 166 valence electrons. The minimum atomic E-state index is -0.760. The Bertz CT molecular complexity index is 1140. The van der Waals surface area contributed by atoms with Crippen LogP contribution in [0.5, 0.6) is 0 Å². The molecule has 0 saturated carbocycles. The molecule has 0 spiro atoms. The van der Waals surface area contributed by atoms with Crippen molar-refractivity contribution < 1.29 is 19.2 Å². The van der Waals surface area contributed by atoms with Crippen LogP contribution in [-0.2, 0) is 9.53 Å². The average Bonchev–Trinajstić information content (AvgIpc) is 3.47. The minimum absolute atomic E-state index is 0.0944. The van der Waals surface area contributed by atoms with Crippen LogP contribution >= 0.6 is 11.3 Å². The van der Waals surface area contributed by atoms with Crippen molar-refractivity contribution in [1.82, 2.24) is 4.98 Å². The maximum Gasteiger partial charge on any atom is 0.341 e. The summed E-state index contributed by atoms with van der Waals surface area (Å²) in [5, 5.41) is 11.7. The maximum atomic E-state index is 12.8. The number of hydrogen-bond acceptors (Lipinski definition) is 8. The topological polar surface area (TPSA) is 106 Å². The first-order chi connectivity index (χ1) is 15.5. The maximum absolute atomic E-state index is 12.8. The first kappa shape index (κ1) is 21.7. The fourth-order valence-electron chi connectivity index (χ4n) is 3.71. The summed E-state index contributed by atoms with van der Waals surface area (Å²) in [6.45, 7) is 3.23. The number of nitro groups is 1. The van der Waals surface area contributed by atoms with E-state index in [9.17, 15) is 19.7 Å². The van der Waals surface area contributed by atoms with E-state index in [4.69, 9.17) is 4.74 Å². The third-order valence-electron chi connectivity index (χ3n) is 5.32. The Morgan fingerprint density at radius 2 is 1.97 bits per heavy atom. The van der Waals surface area contributed by atoms with Crippen LogP contribution in [0.15, 0.2) is 42.5 Å². The van der Waals surface area contributed by atoms with Gasteiger partial charge in [0.1, 0.15) is 0 Å². The van der Waals surface area contributed by atoms with Crippen LogP contribution in [0.2, 0.25) is 0 Å². The van der Waals surface area contributed by atoms with Crippen LogP contribution < -0.4 is 9.80 Å². The van der Waals surface area contributed by atoms with Gasteiger partial charge in [-0.2, -0.15) is 0 Å². The van der Waals surface area contributed by atoms with Crippen LogP contribution in [0.25, 0.3) is 10.2 Å². The molecule has 1 amide bonds. The van der Waals surface area contributed by atoms with E-state index in [1.807, 2.05) is 36.1 Å². The fourth-order valence-corrected chi connectivity index (χ4v) is 4.76. The number of nitro benzene ring substituents is 1. The second-order valence-electron chi connectivity index (χ2n) is 7.33. The normalized spacial score (nSPS) is 13.3. The van der Waals surface area contributed by atoms with E-state index in [1.165, 1.54) is 28.4 Å². The van der Waals surface area contributed by atoms with Gasteiger partial charge in [0.2, 0.25) is 0 Å². The van der Waals surface area contributed by atoms with Gasteiger partial charge in [-0.3, -0.25) is 19.8 Å². The number of carbonyl (C=O) groups excluding carboxylic acids is 2. The number of rotatable bonds is 7. The van der Waals surface area contributed by atoms with Crippen LogP contribution in [0.1, 0.15) is 30.1 Å². The summed E-state index contributed by atoms with van der Waals surface area (Å²) in [7, 11) is 0. The highest BCUT2D eigenvalue weighted by Crippen LogP contribution is 2.30. The molecule has 32 heavy (non-hydrogen) atoms. The number of ether oxygens (including phenoxy) is 1. The summed E-state index contributed by atoms with van der Waals surface area (Å²) >= 11 is 1.39. The highest BCUT2D eigenvalue weighted by molar-refractivity contribution is 7.22. The Morgan fingerprint density at radius 1 is 1.22 bits per heavy atom. The van der Waals surface area contributed by atoms with Crippen molar-refractivity contribution in [1.29, 1.82) is 0 Å². The first-order valence-electron chi connectivity index (χ1n) is 10.3. The molecule has 0 aliphatic carbocycles. The quantitative estimate of drug-likeness (QED) is 0.302. The Morgan fingerprint density at radius 3 is 2.66 bits per heavy atom. The number of aromatic nitrogens is 1. The van der Waals surface area contributed by atoms with E-state index >= 15 is 0 Å². The monoisotopic (exact) mass is 454 g/mol. The number of esters is 1. The van der Waals surface area contributed by atoms with Crippen molar-refractivity contribution in [2.75, 3.05) is 36.0 Å². The number of nitrogens with zero attached hydrogens (tertiary/aromatic N) is 4. The largest absolute Gasteiger partial charge is 0.452 e. The zero-order valence-electron chi connectivity index (χ0n) is 17.5. The molecule has 4 rings (SSSR count). The van der Waals surface area contributed by atoms with Gasteiger partial charge in [-0.1, -0.05) is 23.5 Å². The molecule has 1 aliphatic rings. The molecule has 0 atom stereocenters. The number of hydrogen-bond donors (Lipinski definition) is 0. The standard InChI is InChI=1S/C22H22N4O5S/c1-2-25(22-23-17-7-3-4-8-19(17)32-22)20(27)14-31-21(28)16-13-15(26(29)30)9-10-18(16)24-11-5-6-12-24/h3-4,7-10,13H,2,5-6,11-12,14H2,1H3. The molecule has 0 N–H and O–H groups in total. The Kier molecular flexibility index (Phi) is 6.31. The molecule has 0 bridgehead atoms. The van der Waals surface area contributed by atoms with E-state index in [0.29, 0.717) is 17.4 Å². The van der Waals surface area contributed by atoms with Crippen molar-refractivity contribution >= 4 is 49.9 Å². The number of likely N-dealkylation sites (N-methyl/N-ethyl adjacent to an activating group) is 1. The zero-order valence-corrected chi connectivity index (χ0v) is 18.3. The summed E-state index contributed by atoms with van der Waals surface area (Å²) < 4.78 is 6.26. The van der Waals surface area contributed by atoms with Crippen LogP contribution in [-0.4, -0.2) is 48.0 Å². The van der Waals surface area contributed by atoms with Crippen molar-refractivity contribution in [3.05, 3.63) is 58.1 Å². The third kappa shape index (κ3) is 4.40. The summed E-state index contributed by atoms with van der Waals surface area (Å²) in [6.07, 6.45) is 1.97. The molecule has 10 heteroatoms. The number of amides is 1. The van der Waals surface area contributed by atoms with Crippen molar-refractivity contribution in [2.24, 2.45) is 0 Å². The van der Waals surface area contributed by atoms with E-state index in [1.54, 1.807) is 6.07 Å². The fraction of sp³-hybridized carbons (Fsp3) is 0.318. The summed E-state index contributed by atoms with van der Waals surface area (Å²) in [6, 6.07) is 11.7. The van der Waals surface area contributed by atoms with E-state index in [0.717, 1.165) is 36.1 Å². The molecule has 1 aliphatic heterocycles. The van der Waals surface area contributed by atoms with Gasteiger partial charge in [0.15, 0.2) is 11.7 Å². The molecule has 2 heterocycles. The predicted molar refractivity (Wildman–Crippen MR) is 122 cm³/mol. The number of fused-ring (bicyclic) bond motifs is 1. The molecule has 0 unspecified atom stereocenters. The number of thiazole rings is 1. The van der Waals surface area contributed by atoms with Gasteiger partial charge in [-0.15, -0.1) is 0 Å². The van der Waals surface area contributed by atoms with Crippen LogP contribution in [0, 0.1) is 10.1 Å². The molecule has 1 saturated heterocycles. The molecule has 3 aromatic rings. The lowest BCUT2D eigenvalue weighted by molar-refractivity contribution is -0.384. The molecular formula is C22H22N4O5S. The van der Waals surface area contributed by atoms with Gasteiger partial charge in [0, 0.05) is 31.8 Å². The smallest absolute Gasteiger partial charge is 0.341 e. The van der Waals surface area contributed by atoms with Crippen LogP contribution in [0.4, 0.5) is 16.5 Å². The summed E-state index contributed by atoms with van der Waals surface area (Å²) in [4.78, 5) is 44.2. The minimum Gasteiger partial charge on any atom is -0.452 e. The number of para-hydroxylation sites is 1. The molecule has 1 fully saturated rings. The first-order valence-corrected chi connectivity index (χ1v) is 11.2. The highest BCUT2D eigenvalue weighted by atomic mass is 32.1. The van der Waals surface area contributed by atoms with Gasteiger partial charge in [-0.05, 0) is 38.0 Å². The lowest BCUT2D eigenvalue weighted by Gasteiger charge is -2.21. The van der Waals surface area contributed by atoms with Crippen molar-refractivity contribution in [2.45, 2.75) is 19.8 Å². The van der Waals surface area contributed by atoms with E-state index in [2.05, 4.69) is 4.98 Å². The molecule has 9 nitrogen and oxygen atoms in total. The Labute approximate surface area is 188 Å². The highest BCUT2D eigenvalue weighted by Gasteiger charge is 2.25. The lowest BCUT2D eigenvalue weighted by atomic mass is 10.1. The molecular weight excluding hydrogens is 432 g/mol. The molecule has 0 radical (unpaired) electrons. The third-order valence-corrected chi connectivity index (χ3v) is 6.37. The van der Waals surface area contributed by atoms with Gasteiger partial charge < -0.3 is 9.64 Å². The number of anilines is 2. The SMILES string of the molecule is CCN(C(=O)COC(=O)c1cc([N+](=O)[O-])ccc1N1CCCC1)c1nc2ccccc2s1. The number of non-ortho nitro benzene ring substituents is 1. The number of carbonyl (C=O) groups is 2. The Hall–Kier alpha value is -3.53. The lowest BCUT2D eigenvalue weighted by Crippen LogP contribution is -2.34. The Balaban J connectivity index is 1.51. The number of benzene rings is 2. The van der Waals surface area contributed by atoms with Gasteiger partial charge in [0.05, 0.1) is 26.4 Å². The van der Waals surface area contributed by atoms with Crippen LogP contribution in [0.3, 0.4) is 0 Å². The van der Waals surface area contributed by atoms with Crippen molar-refractivity contribution in [3.63, 3.8) is 0 Å². The average molecular weight is 455 g/mol. The van der Waals surface area contributed by atoms with Gasteiger partial charge in [0.25, 0.3) is 11.6 Å². The zero-order chi connectivity index (χ0) is 22.7. The van der Waals surface area contributed by atoms with Gasteiger partial charge >= 0.3 is 5.97 Å². The predicted octanol–water partition coefficient (Wildman–Crippen LogP) is 4.01. The summed E-state index contributed by atoms with van der Waals surface area (Å²) in [5.41, 5.74) is 1.28. The van der Waals surface area contributed by atoms with E-state index < -0.39 is 23.4 Å².